The van der Waals surface area contributed by atoms with Crippen LogP contribution in [-0.2, 0) is 0 Å². The van der Waals surface area contributed by atoms with Gasteiger partial charge in [-0.15, -0.1) is 0 Å². The fraction of sp³-hybridized carbons (Fsp3) is 0.250. The lowest BCUT2D eigenvalue weighted by atomic mass is 10.0. The van der Waals surface area contributed by atoms with Crippen LogP contribution in [0.5, 0.6) is 11.5 Å². The average Bonchev–Trinajstić information content (AvgIpc) is 2.34. The predicted molar refractivity (Wildman–Crippen MR) is 79.5 cm³/mol. The van der Waals surface area contributed by atoms with Gasteiger partial charge in [-0.3, -0.25) is 0 Å². The van der Waals surface area contributed by atoms with Crippen LogP contribution in [0.4, 0.5) is 0 Å². The molecular weight excluding hydrogens is 288 g/mol. The van der Waals surface area contributed by atoms with Crippen LogP contribution in [0.2, 0.25) is 0 Å². The van der Waals surface area contributed by atoms with Gasteiger partial charge >= 0.3 is 0 Å². The lowest BCUT2D eigenvalue weighted by molar-refractivity contribution is 0.472. The fourth-order valence-corrected chi connectivity index (χ4v) is 2.19. The number of ether oxygens (including phenoxy) is 1. The second-order valence-corrected chi connectivity index (χ2v) is 5.56. The molecule has 0 aliphatic rings. The molecule has 0 N–H and O–H groups in total. The summed E-state index contributed by atoms with van der Waals surface area (Å²) in [5.41, 5.74) is 2.40. The van der Waals surface area contributed by atoms with E-state index in [1.165, 1.54) is 11.1 Å². The third-order valence-electron chi connectivity index (χ3n) is 2.88. The smallest absolute Gasteiger partial charge is 0.131 e. The number of halogens is 1. The zero-order valence-corrected chi connectivity index (χ0v) is 12.5. The molecule has 0 atom stereocenters. The molecular formula is C16H17BrO. The van der Waals surface area contributed by atoms with E-state index in [0.29, 0.717) is 5.92 Å². The summed E-state index contributed by atoms with van der Waals surface area (Å²) in [5, 5.41) is 0. The first-order chi connectivity index (χ1) is 8.58. The van der Waals surface area contributed by atoms with Crippen molar-refractivity contribution in [3.8, 4) is 11.5 Å². The Morgan fingerprint density at radius 3 is 2.33 bits per heavy atom. The summed E-state index contributed by atoms with van der Waals surface area (Å²) in [6.45, 7) is 6.43. The third-order valence-corrected chi connectivity index (χ3v) is 3.74. The molecule has 0 fully saturated rings. The SMILES string of the molecule is Cc1cc(Oc2ccccc2)c(C(C)C)cc1Br. The maximum atomic E-state index is 5.99. The van der Waals surface area contributed by atoms with Crippen LogP contribution < -0.4 is 4.74 Å². The maximum absolute atomic E-state index is 5.99. The number of hydrogen-bond acceptors (Lipinski definition) is 1. The Balaban J connectivity index is 2.40. The van der Waals surface area contributed by atoms with Gasteiger partial charge in [-0.2, -0.15) is 0 Å². The van der Waals surface area contributed by atoms with Crippen LogP contribution in [0.3, 0.4) is 0 Å². The lowest BCUT2D eigenvalue weighted by Gasteiger charge is -2.15. The highest BCUT2D eigenvalue weighted by Gasteiger charge is 2.11. The summed E-state index contributed by atoms with van der Waals surface area (Å²) in [5.74, 6) is 2.25. The molecule has 0 amide bonds. The molecule has 2 aromatic rings. The molecule has 0 saturated heterocycles. The Morgan fingerprint density at radius 2 is 1.72 bits per heavy atom. The van der Waals surface area contributed by atoms with Gasteiger partial charge in [-0.1, -0.05) is 48.0 Å². The lowest BCUT2D eigenvalue weighted by Crippen LogP contribution is -1.95. The van der Waals surface area contributed by atoms with Gasteiger partial charge in [-0.05, 0) is 48.2 Å². The topological polar surface area (TPSA) is 9.23 Å². The van der Waals surface area contributed by atoms with Crippen LogP contribution in [0, 0.1) is 6.92 Å². The molecule has 0 saturated carbocycles. The second-order valence-electron chi connectivity index (χ2n) is 4.71. The van der Waals surface area contributed by atoms with Crippen molar-refractivity contribution in [1.82, 2.24) is 0 Å². The van der Waals surface area contributed by atoms with E-state index in [0.717, 1.165) is 16.0 Å². The van der Waals surface area contributed by atoms with E-state index < -0.39 is 0 Å². The van der Waals surface area contributed by atoms with E-state index in [-0.39, 0.29) is 0 Å². The van der Waals surface area contributed by atoms with Crippen molar-refractivity contribution in [3.05, 3.63) is 58.1 Å². The van der Waals surface area contributed by atoms with Crippen LogP contribution in [-0.4, -0.2) is 0 Å². The standard InChI is InChI=1S/C16H17BrO/c1-11(2)14-10-15(17)12(3)9-16(14)18-13-7-5-4-6-8-13/h4-11H,1-3H3. The number of aryl methyl sites for hydroxylation is 1. The van der Waals surface area contributed by atoms with Gasteiger partial charge in [0.1, 0.15) is 11.5 Å². The van der Waals surface area contributed by atoms with Crippen LogP contribution in [0.25, 0.3) is 0 Å². The minimum Gasteiger partial charge on any atom is -0.457 e. The molecule has 0 aliphatic heterocycles. The van der Waals surface area contributed by atoms with Crippen LogP contribution in [0.1, 0.15) is 30.9 Å². The van der Waals surface area contributed by atoms with Crippen molar-refractivity contribution >= 4 is 15.9 Å². The highest BCUT2D eigenvalue weighted by atomic mass is 79.9. The van der Waals surface area contributed by atoms with E-state index in [4.69, 9.17) is 4.74 Å². The van der Waals surface area contributed by atoms with Gasteiger partial charge in [0.25, 0.3) is 0 Å². The highest BCUT2D eigenvalue weighted by molar-refractivity contribution is 9.10. The molecule has 18 heavy (non-hydrogen) atoms. The van der Waals surface area contributed by atoms with Gasteiger partial charge in [0.15, 0.2) is 0 Å². The van der Waals surface area contributed by atoms with Crippen molar-refractivity contribution in [2.24, 2.45) is 0 Å². The van der Waals surface area contributed by atoms with Crippen molar-refractivity contribution in [2.45, 2.75) is 26.7 Å². The number of hydrogen-bond donors (Lipinski definition) is 0. The molecule has 2 aromatic carbocycles. The summed E-state index contributed by atoms with van der Waals surface area (Å²) in [6, 6.07) is 14.1. The van der Waals surface area contributed by atoms with Crippen LogP contribution >= 0.6 is 15.9 Å². The van der Waals surface area contributed by atoms with E-state index in [1.807, 2.05) is 30.3 Å². The summed E-state index contributed by atoms with van der Waals surface area (Å²) in [7, 11) is 0. The van der Waals surface area contributed by atoms with Crippen LogP contribution in [0.15, 0.2) is 46.9 Å². The molecule has 2 rings (SSSR count). The van der Waals surface area contributed by atoms with Gasteiger partial charge in [0.05, 0.1) is 0 Å². The number of benzene rings is 2. The molecule has 0 bridgehead atoms. The number of rotatable bonds is 3. The van der Waals surface area contributed by atoms with Gasteiger partial charge < -0.3 is 4.74 Å². The summed E-state index contributed by atoms with van der Waals surface area (Å²) in [6.07, 6.45) is 0. The normalized spacial score (nSPS) is 10.7. The third kappa shape index (κ3) is 2.94. The molecule has 0 radical (unpaired) electrons. The Labute approximate surface area is 117 Å². The second kappa shape index (κ2) is 5.57. The van der Waals surface area contributed by atoms with Crippen molar-refractivity contribution < 1.29 is 4.74 Å². The molecule has 0 aromatic heterocycles. The first-order valence-corrected chi connectivity index (χ1v) is 6.90. The maximum Gasteiger partial charge on any atom is 0.131 e. The van der Waals surface area contributed by atoms with Gasteiger partial charge in [0.2, 0.25) is 0 Å². The monoisotopic (exact) mass is 304 g/mol. The minimum atomic E-state index is 0.431. The largest absolute Gasteiger partial charge is 0.457 e. The zero-order chi connectivity index (χ0) is 13.1. The summed E-state index contributed by atoms with van der Waals surface area (Å²) in [4.78, 5) is 0. The average molecular weight is 305 g/mol. The molecule has 94 valence electrons. The van der Waals surface area contributed by atoms with E-state index >= 15 is 0 Å². The number of para-hydroxylation sites is 1. The summed E-state index contributed by atoms with van der Waals surface area (Å²) < 4.78 is 7.12. The predicted octanol–water partition coefficient (Wildman–Crippen LogP) is 5.67. The zero-order valence-electron chi connectivity index (χ0n) is 10.9. The quantitative estimate of drug-likeness (QED) is 0.709. The Morgan fingerprint density at radius 1 is 1.06 bits per heavy atom. The first-order valence-electron chi connectivity index (χ1n) is 6.11. The minimum absolute atomic E-state index is 0.431. The van der Waals surface area contributed by atoms with Gasteiger partial charge in [-0.25, -0.2) is 0 Å². The molecule has 0 heterocycles. The molecule has 2 heteroatoms. The molecule has 1 nitrogen and oxygen atoms in total. The van der Waals surface area contributed by atoms with E-state index in [2.05, 4.69) is 48.8 Å². The molecule has 0 spiro atoms. The van der Waals surface area contributed by atoms with E-state index in [1.54, 1.807) is 0 Å². The summed E-state index contributed by atoms with van der Waals surface area (Å²) >= 11 is 3.58. The Hall–Kier alpha value is -1.28. The van der Waals surface area contributed by atoms with Crippen molar-refractivity contribution in [1.29, 1.82) is 0 Å². The first kappa shape index (κ1) is 13.2. The Bertz CT molecular complexity index is 532. The van der Waals surface area contributed by atoms with E-state index in [9.17, 15) is 0 Å². The van der Waals surface area contributed by atoms with Gasteiger partial charge in [0, 0.05) is 4.47 Å². The fourth-order valence-electron chi connectivity index (χ4n) is 1.83. The van der Waals surface area contributed by atoms with Crippen molar-refractivity contribution in [3.63, 3.8) is 0 Å². The van der Waals surface area contributed by atoms with Crippen molar-refractivity contribution in [2.75, 3.05) is 0 Å². The molecule has 0 unspecified atom stereocenters. The Kier molecular flexibility index (Phi) is 4.07. The molecule has 0 aliphatic carbocycles. The highest BCUT2D eigenvalue weighted by Crippen LogP contribution is 2.34.